The number of aromatic hydroxyl groups is 1. The molecule has 8 heteroatoms. The predicted octanol–water partition coefficient (Wildman–Crippen LogP) is 5.26. The van der Waals surface area contributed by atoms with Crippen LogP contribution in [-0.4, -0.2) is 36.9 Å². The molecule has 0 aromatic heterocycles. The molecule has 8 nitrogen and oxygen atoms in total. The van der Waals surface area contributed by atoms with Crippen molar-refractivity contribution in [3.63, 3.8) is 0 Å². The monoisotopic (exact) mass is 511 g/mol. The van der Waals surface area contributed by atoms with Crippen molar-refractivity contribution in [2.75, 3.05) is 19.0 Å². The number of hydrogen-bond acceptors (Lipinski definition) is 6. The zero-order valence-electron chi connectivity index (χ0n) is 21.7. The first-order valence-electron chi connectivity index (χ1n) is 12.0. The number of fused-ring (bicyclic) bond motifs is 1. The molecule has 0 radical (unpaired) electrons. The summed E-state index contributed by atoms with van der Waals surface area (Å²) in [5.41, 5.74) is 7.07. The van der Waals surface area contributed by atoms with Gasteiger partial charge in [-0.15, -0.1) is 0 Å². The number of amides is 2. The number of nitrogens with one attached hydrogen (secondary N) is 2. The molecule has 4 aromatic rings. The number of nitrogens with zero attached hydrogens (tertiary/aromatic N) is 1. The lowest BCUT2D eigenvalue weighted by molar-refractivity contribution is -0.118. The molecule has 3 N–H and O–H groups in total. The molecule has 0 atom stereocenters. The zero-order valence-corrected chi connectivity index (χ0v) is 21.7. The Morgan fingerprint density at radius 3 is 2.29 bits per heavy atom. The number of carbonyl (C=O) groups is 2. The summed E-state index contributed by atoms with van der Waals surface area (Å²) in [7, 11) is 1.49. The van der Waals surface area contributed by atoms with Crippen LogP contribution in [0.1, 0.15) is 32.6 Å². The number of ether oxygens (including phenoxy) is 2. The van der Waals surface area contributed by atoms with Crippen LogP contribution in [0.3, 0.4) is 0 Å². The highest BCUT2D eigenvalue weighted by Crippen LogP contribution is 2.28. The summed E-state index contributed by atoms with van der Waals surface area (Å²) in [6.45, 7) is 5.72. The van der Waals surface area contributed by atoms with Crippen molar-refractivity contribution >= 4 is 34.5 Å². The summed E-state index contributed by atoms with van der Waals surface area (Å²) in [6, 6.07) is 19.7. The van der Waals surface area contributed by atoms with Crippen LogP contribution in [0.4, 0.5) is 5.69 Å². The Hall–Kier alpha value is -4.85. The van der Waals surface area contributed by atoms with Crippen LogP contribution >= 0.6 is 0 Å². The van der Waals surface area contributed by atoms with E-state index in [2.05, 4.69) is 15.8 Å². The molecule has 0 saturated carbocycles. The molecule has 0 bridgehead atoms. The normalized spacial score (nSPS) is 10.9. The lowest BCUT2D eigenvalue weighted by atomic mass is 10.1. The van der Waals surface area contributed by atoms with Gasteiger partial charge in [-0.3, -0.25) is 9.59 Å². The average molecular weight is 512 g/mol. The largest absolute Gasteiger partial charge is 0.507 e. The maximum atomic E-state index is 12.5. The maximum absolute atomic E-state index is 12.5. The molecular weight excluding hydrogens is 482 g/mol. The van der Waals surface area contributed by atoms with Crippen LogP contribution in [0.25, 0.3) is 10.8 Å². The number of phenolic OH excluding ortho intramolecular Hbond substituents is 1. The van der Waals surface area contributed by atoms with Crippen LogP contribution in [0.2, 0.25) is 0 Å². The van der Waals surface area contributed by atoms with Crippen LogP contribution in [0, 0.1) is 20.8 Å². The van der Waals surface area contributed by atoms with E-state index in [0.29, 0.717) is 17.1 Å². The predicted molar refractivity (Wildman–Crippen MR) is 148 cm³/mol. The van der Waals surface area contributed by atoms with Gasteiger partial charge in [0.25, 0.3) is 11.8 Å². The van der Waals surface area contributed by atoms with Gasteiger partial charge in [0.1, 0.15) is 5.75 Å². The Morgan fingerprint density at radius 2 is 1.61 bits per heavy atom. The van der Waals surface area contributed by atoms with Gasteiger partial charge in [-0.1, -0.05) is 42.0 Å². The molecule has 38 heavy (non-hydrogen) atoms. The topological polar surface area (TPSA) is 109 Å². The highest BCUT2D eigenvalue weighted by molar-refractivity contribution is 6.01. The molecule has 0 fully saturated rings. The average Bonchev–Trinajstić information content (AvgIpc) is 2.89. The molecule has 0 heterocycles. The lowest BCUT2D eigenvalue weighted by Gasteiger charge is -2.14. The molecular formula is C30H29N3O5. The number of rotatable bonds is 8. The highest BCUT2D eigenvalue weighted by atomic mass is 16.5. The van der Waals surface area contributed by atoms with Crippen LogP contribution in [0.5, 0.6) is 17.2 Å². The molecule has 0 saturated heterocycles. The quantitative estimate of drug-likeness (QED) is 0.221. The Balaban J connectivity index is 1.38. The maximum Gasteiger partial charge on any atom is 0.275 e. The van der Waals surface area contributed by atoms with Gasteiger partial charge in [0, 0.05) is 5.69 Å². The number of benzene rings is 4. The Kier molecular flexibility index (Phi) is 7.91. The van der Waals surface area contributed by atoms with Crippen molar-refractivity contribution in [2.45, 2.75) is 20.8 Å². The van der Waals surface area contributed by atoms with Crippen molar-refractivity contribution < 1.29 is 24.2 Å². The van der Waals surface area contributed by atoms with Crippen molar-refractivity contribution in [1.82, 2.24) is 5.43 Å². The second-order valence-electron chi connectivity index (χ2n) is 8.94. The standard InChI is InChI=1S/C30H29N3O5/c1-18-11-19(2)29(20(3)12-18)32-28(35)17-38-26-10-9-21(13-27(26)37-4)16-31-33-30(36)24-14-22-7-5-6-8-23(22)15-25(24)34/h5-16,34H,17H2,1-4H3,(H,32,35)(H,33,36)/b31-16+. The fraction of sp³-hybridized carbons (Fsp3) is 0.167. The van der Waals surface area contributed by atoms with E-state index in [1.54, 1.807) is 30.3 Å². The number of anilines is 1. The summed E-state index contributed by atoms with van der Waals surface area (Å²) in [5.74, 6) is -0.157. The summed E-state index contributed by atoms with van der Waals surface area (Å²) in [4.78, 5) is 25.1. The Labute approximate surface area is 220 Å². The first-order chi connectivity index (χ1) is 18.2. The van der Waals surface area contributed by atoms with E-state index >= 15 is 0 Å². The summed E-state index contributed by atoms with van der Waals surface area (Å²) in [6.07, 6.45) is 1.44. The zero-order chi connectivity index (χ0) is 27.2. The van der Waals surface area contributed by atoms with Gasteiger partial charge in [-0.2, -0.15) is 5.10 Å². The van der Waals surface area contributed by atoms with Crippen LogP contribution < -0.4 is 20.2 Å². The first kappa shape index (κ1) is 26.2. The van der Waals surface area contributed by atoms with E-state index in [-0.39, 0.29) is 23.8 Å². The third-order valence-corrected chi connectivity index (χ3v) is 5.98. The fourth-order valence-corrected chi connectivity index (χ4v) is 4.22. The van der Waals surface area contributed by atoms with E-state index in [1.807, 2.05) is 57.2 Å². The minimum absolute atomic E-state index is 0.122. The minimum Gasteiger partial charge on any atom is -0.507 e. The van der Waals surface area contributed by atoms with Crippen molar-refractivity contribution in [1.29, 1.82) is 0 Å². The number of carbonyl (C=O) groups excluding carboxylic acids is 2. The molecule has 2 amide bonds. The minimum atomic E-state index is -0.540. The van der Waals surface area contributed by atoms with Gasteiger partial charge in [-0.25, -0.2) is 5.43 Å². The van der Waals surface area contributed by atoms with Crippen LogP contribution in [-0.2, 0) is 4.79 Å². The number of hydrogen-bond donors (Lipinski definition) is 3. The van der Waals surface area contributed by atoms with E-state index in [0.717, 1.165) is 33.2 Å². The summed E-state index contributed by atoms with van der Waals surface area (Å²) in [5, 5.41) is 18.8. The number of methoxy groups -OCH3 is 1. The molecule has 0 aliphatic heterocycles. The summed E-state index contributed by atoms with van der Waals surface area (Å²) >= 11 is 0. The van der Waals surface area contributed by atoms with Gasteiger partial charge >= 0.3 is 0 Å². The second-order valence-corrected chi connectivity index (χ2v) is 8.94. The SMILES string of the molecule is COc1cc(/C=N/NC(=O)c2cc3ccccc3cc2O)ccc1OCC(=O)Nc1c(C)cc(C)cc1C. The van der Waals surface area contributed by atoms with E-state index in [1.165, 1.54) is 13.3 Å². The molecule has 0 aliphatic rings. The van der Waals surface area contributed by atoms with Gasteiger partial charge in [0.05, 0.1) is 18.9 Å². The third kappa shape index (κ3) is 6.10. The molecule has 0 aliphatic carbocycles. The number of hydrazone groups is 1. The first-order valence-corrected chi connectivity index (χ1v) is 12.0. The van der Waals surface area contributed by atoms with Gasteiger partial charge in [0.2, 0.25) is 0 Å². The Morgan fingerprint density at radius 1 is 0.921 bits per heavy atom. The smallest absolute Gasteiger partial charge is 0.275 e. The van der Waals surface area contributed by atoms with Crippen molar-refractivity contribution in [2.24, 2.45) is 5.10 Å². The van der Waals surface area contributed by atoms with Gasteiger partial charge in [-0.05, 0) is 78.6 Å². The number of aryl methyl sites for hydroxylation is 3. The van der Waals surface area contributed by atoms with E-state index in [4.69, 9.17) is 9.47 Å². The highest BCUT2D eigenvalue weighted by Gasteiger charge is 2.13. The van der Waals surface area contributed by atoms with E-state index in [9.17, 15) is 14.7 Å². The molecule has 0 unspecified atom stereocenters. The second kappa shape index (κ2) is 11.5. The summed E-state index contributed by atoms with van der Waals surface area (Å²) < 4.78 is 11.1. The fourth-order valence-electron chi connectivity index (χ4n) is 4.22. The molecule has 4 rings (SSSR count). The molecule has 194 valence electrons. The van der Waals surface area contributed by atoms with Gasteiger partial charge < -0.3 is 19.9 Å². The van der Waals surface area contributed by atoms with E-state index < -0.39 is 5.91 Å². The molecule has 0 spiro atoms. The lowest BCUT2D eigenvalue weighted by Crippen LogP contribution is -2.21. The third-order valence-electron chi connectivity index (χ3n) is 5.98. The Bertz CT molecular complexity index is 1520. The van der Waals surface area contributed by atoms with Crippen LogP contribution in [0.15, 0.2) is 71.8 Å². The van der Waals surface area contributed by atoms with Crippen molar-refractivity contribution in [3.8, 4) is 17.2 Å². The van der Waals surface area contributed by atoms with Crippen molar-refractivity contribution in [3.05, 3.63) is 94.5 Å². The number of phenols is 1. The molecule has 4 aromatic carbocycles. The van der Waals surface area contributed by atoms with Gasteiger partial charge in [0.15, 0.2) is 18.1 Å².